The fourth-order valence-corrected chi connectivity index (χ4v) is 4.01. The fraction of sp³-hybridized carbons (Fsp3) is 0.667. The molecule has 2 nitrogen and oxygen atoms in total. The molecule has 1 aliphatic rings. The molecule has 0 heterocycles. The highest BCUT2D eigenvalue weighted by Crippen LogP contribution is 2.41. The van der Waals surface area contributed by atoms with Crippen LogP contribution in [-0.4, -0.2) is 20.2 Å². The zero-order valence-electron chi connectivity index (χ0n) is 13.5. The lowest BCUT2D eigenvalue weighted by atomic mass is 9.80. The van der Waals surface area contributed by atoms with Crippen molar-refractivity contribution in [1.29, 1.82) is 0 Å². The van der Waals surface area contributed by atoms with Crippen molar-refractivity contribution in [2.45, 2.75) is 46.0 Å². The smallest absolute Gasteiger partial charge is 0.133 e. The Bertz CT molecular complexity index is 453. The van der Waals surface area contributed by atoms with E-state index >= 15 is 0 Å². The van der Waals surface area contributed by atoms with Crippen LogP contribution in [0.2, 0.25) is 0 Å². The molecule has 1 fully saturated rings. The van der Waals surface area contributed by atoms with Gasteiger partial charge in [0.1, 0.15) is 5.75 Å². The van der Waals surface area contributed by atoms with Crippen LogP contribution in [0.4, 0.5) is 0 Å². The molecule has 0 spiro atoms. The maximum Gasteiger partial charge on any atom is 0.133 e. The van der Waals surface area contributed by atoms with E-state index in [-0.39, 0.29) is 0 Å². The first kappa shape index (κ1) is 16.8. The lowest BCUT2D eigenvalue weighted by Gasteiger charge is -2.30. The number of methoxy groups -OCH3 is 1. The number of nitrogens with one attached hydrogen (secondary N) is 1. The van der Waals surface area contributed by atoms with Gasteiger partial charge in [-0.25, -0.2) is 0 Å². The zero-order chi connectivity index (χ0) is 15.3. The van der Waals surface area contributed by atoms with Gasteiger partial charge in [0.15, 0.2) is 0 Å². The number of benzene rings is 1. The molecule has 0 aromatic heterocycles. The third-order valence-corrected chi connectivity index (χ3v) is 5.13. The van der Waals surface area contributed by atoms with E-state index in [1.165, 1.54) is 37.7 Å². The number of rotatable bonds is 7. The molecular weight excluding hydrogens is 326 g/mol. The molecule has 2 rings (SSSR count). The van der Waals surface area contributed by atoms with E-state index in [4.69, 9.17) is 4.74 Å². The third-order valence-electron chi connectivity index (χ3n) is 4.51. The van der Waals surface area contributed by atoms with E-state index in [9.17, 15) is 0 Å². The minimum absolute atomic E-state index is 0.447. The topological polar surface area (TPSA) is 21.3 Å². The minimum atomic E-state index is 0.447. The highest BCUT2D eigenvalue weighted by Gasteiger charge is 2.33. The molecule has 0 bridgehead atoms. The van der Waals surface area contributed by atoms with Crippen molar-refractivity contribution < 1.29 is 4.74 Å². The van der Waals surface area contributed by atoms with Crippen molar-refractivity contribution in [3.63, 3.8) is 0 Å². The predicted molar refractivity (Wildman–Crippen MR) is 93.0 cm³/mol. The van der Waals surface area contributed by atoms with Crippen molar-refractivity contribution in [3.05, 3.63) is 28.2 Å². The van der Waals surface area contributed by atoms with Crippen LogP contribution in [0.1, 0.15) is 45.1 Å². The van der Waals surface area contributed by atoms with Crippen LogP contribution in [0, 0.1) is 11.3 Å². The largest absolute Gasteiger partial charge is 0.496 e. The number of ether oxygens (including phenoxy) is 1. The molecule has 1 saturated carbocycles. The van der Waals surface area contributed by atoms with Crippen LogP contribution in [0.5, 0.6) is 5.75 Å². The Morgan fingerprint density at radius 2 is 2.00 bits per heavy atom. The molecule has 0 amide bonds. The summed E-state index contributed by atoms with van der Waals surface area (Å²) >= 11 is 3.61. The Morgan fingerprint density at radius 3 is 2.57 bits per heavy atom. The van der Waals surface area contributed by atoms with Gasteiger partial charge in [-0.2, -0.15) is 0 Å². The van der Waals surface area contributed by atoms with Crippen molar-refractivity contribution in [2.24, 2.45) is 11.3 Å². The summed E-state index contributed by atoms with van der Waals surface area (Å²) in [5.41, 5.74) is 1.86. The van der Waals surface area contributed by atoms with Gasteiger partial charge < -0.3 is 10.1 Å². The molecule has 1 aromatic carbocycles. The predicted octanol–water partition coefficient (Wildman–Crippen LogP) is 4.81. The Balaban J connectivity index is 2.03. The summed E-state index contributed by atoms with van der Waals surface area (Å²) in [7, 11) is 1.72. The van der Waals surface area contributed by atoms with Gasteiger partial charge in [0.2, 0.25) is 0 Å². The van der Waals surface area contributed by atoms with Crippen LogP contribution in [0.3, 0.4) is 0 Å². The summed E-state index contributed by atoms with van der Waals surface area (Å²) in [6, 6.07) is 6.51. The van der Waals surface area contributed by atoms with Gasteiger partial charge in [-0.3, -0.25) is 0 Å². The highest BCUT2D eigenvalue weighted by molar-refractivity contribution is 9.10. The number of hydrogen-bond donors (Lipinski definition) is 1. The molecule has 1 N–H and O–H groups in total. The first-order valence-electron chi connectivity index (χ1n) is 8.08. The fourth-order valence-electron chi connectivity index (χ4n) is 3.42. The van der Waals surface area contributed by atoms with Gasteiger partial charge >= 0.3 is 0 Å². The summed E-state index contributed by atoms with van der Waals surface area (Å²) < 4.78 is 6.39. The summed E-state index contributed by atoms with van der Waals surface area (Å²) in [6.45, 7) is 6.81. The van der Waals surface area contributed by atoms with Crippen molar-refractivity contribution in [3.8, 4) is 5.75 Å². The van der Waals surface area contributed by atoms with Gasteiger partial charge in [0.25, 0.3) is 0 Å². The first-order chi connectivity index (χ1) is 10.0. The average molecular weight is 354 g/mol. The summed E-state index contributed by atoms with van der Waals surface area (Å²) in [4.78, 5) is 0. The van der Waals surface area contributed by atoms with E-state index in [0.29, 0.717) is 5.41 Å². The molecule has 21 heavy (non-hydrogen) atoms. The van der Waals surface area contributed by atoms with E-state index in [2.05, 4.69) is 53.3 Å². The molecule has 1 aromatic rings. The van der Waals surface area contributed by atoms with Crippen molar-refractivity contribution in [1.82, 2.24) is 5.32 Å². The molecular formula is C18H28BrNO. The van der Waals surface area contributed by atoms with Gasteiger partial charge in [-0.1, -0.05) is 32.8 Å². The second-order valence-corrected chi connectivity index (χ2v) is 7.73. The Kier molecular flexibility index (Phi) is 6.12. The maximum atomic E-state index is 5.33. The Hall–Kier alpha value is -0.540. The normalized spacial score (nSPS) is 17.4. The SMILES string of the molecule is COc1ccc(CC2(CNCC(C)C)CCCC2)cc1Br. The maximum absolute atomic E-state index is 5.33. The minimum Gasteiger partial charge on any atom is -0.496 e. The molecule has 1 aliphatic carbocycles. The van der Waals surface area contributed by atoms with Crippen molar-refractivity contribution in [2.75, 3.05) is 20.2 Å². The van der Waals surface area contributed by atoms with Crippen LogP contribution in [-0.2, 0) is 6.42 Å². The number of hydrogen-bond acceptors (Lipinski definition) is 2. The van der Waals surface area contributed by atoms with Crippen LogP contribution >= 0.6 is 15.9 Å². The lowest BCUT2D eigenvalue weighted by molar-refractivity contribution is 0.273. The van der Waals surface area contributed by atoms with Crippen LogP contribution in [0.15, 0.2) is 22.7 Å². The molecule has 118 valence electrons. The molecule has 0 saturated heterocycles. The van der Waals surface area contributed by atoms with E-state index in [1.807, 2.05) is 0 Å². The second-order valence-electron chi connectivity index (χ2n) is 6.88. The van der Waals surface area contributed by atoms with E-state index in [1.54, 1.807) is 7.11 Å². The second kappa shape index (κ2) is 7.64. The van der Waals surface area contributed by atoms with Crippen LogP contribution < -0.4 is 10.1 Å². The highest BCUT2D eigenvalue weighted by atomic mass is 79.9. The van der Waals surface area contributed by atoms with E-state index in [0.717, 1.165) is 29.2 Å². The zero-order valence-corrected chi connectivity index (χ0v) is 15.1. The van der Waals surface area contributed by atoms with Gasteiger partial charge in [0, 0.05) is 6.54 Å². The summed E-state index contributed by atoms with van der Waals surface area (Å²) in [5.74, 6) is 1.63. The number of halogens is 1. The lowest BCUT2D eigenvalue weighted by Crippen LogP contribution is -2.35. The molecule has 0 atom stereocenters. The standard InChI is InChI=1S/C18H28BrNO/c1-14(2)12-20-13-18(8-4-5-9-18)11-15-6-7-17(21-3)16(19)10-15/h6-7,10,14,20H,4-5,8-9,11-13H2,1-3H3. The molecule has 0 unspecified atom stereocenters. The summed E-state index contributed by atoms with van der Waals surface area (Å²) in [5, 5.41) is 3.69. The Morgan fingerprint density at radius 1 is 1.29 bits per heavy atom. The monoisotopic (exact) mass is 353 g/mol. The van der Waals surface area contributed by atoms with Gasteiger partial charge in [-0.15, -0.1) is 0 Å². The molecule has 3 heteroatoms. The summed E-state index contributed by atoms with van der Waals surface area (Å²) in [6.07, 6.45) is 6.62. The average Bonchev–Trinajstić information content (AvgIpc) is 2.87. The van der Waals surface area contributed by atoms with E-state index < -0.39 is 0 Å². The van der Waals surface area contributed by atoms with Gasteiger partial charge in [0.05, 0.1) is 11.6 Å². The Labute approximate surface area is 137 Å². The van der Waals surface area contributed by atoms with Gasteiger partial charge in [-0.05, 0) is 70.8 Å². The quantitative estimate of drug-likeness (QED) is 0.759. The van der Waals surface area contributed by atoms with Crippen LogP contribution in [0.25, 0.3) is 0 Å². The molecule has 0 aliphatic heterocycles. The third kappa shape index (κ3) is 4.72. The van der Waals surface area contributed by atoms with Crippen molar-refractivity contribution >= 4 is 15.9 Å². The molecule has 0 radical (unpaired) electrons. The first-order valence-corrected chi connectivity index (χ1v) is 8.87.